The van der Waals surface area contributed by atoms with Crippen LogP contribution in [0, 0.1) is 12.3 Å². The Kier molecular flexibility index (Phi) is 3.29. The first-order chi connectivity index (χ1) is 11.8. The molecule has 2 aromatic rings. The van der Waals surface area contributed by atoms with Gasteiger partial charge in [-0.1, -0.05) is 13.8 Å². The Labute approximate surface area is 145 Å². The number of nitrogens with zero attached hydrogens (tertiary/aromatic N) is 2. The van der Waals surface area contributed by atoms with Gasteiger partial charge in [0.05, 0.1) is 11.7 Å². The van der Waals surface area contributed by atoms with Crippen LogP contribution in [0.3, 0.4) is 0 Å². The van der Waals surface area contributed by atoms with Crippen LogP contribution in [0.15, 0.2) is 29.2 Å². The van der Waals surface area contributed by atoms with E-state index in [1.807, 2.05) is 23.6 Å². The third-order valence-electron chi connectivity index (χ3n) is 5.35. The van der Waals surface area contributed by atoms with Gasteiger partial charge in [-0.2, -0.15) is 0 Å². The molecule has 0 radical (unpaired) electrons. The van der Waals surface area contributed by atoms with Gasteiger partial charge in [-0.25, -0.2) is 9.78 Å². The summed E-state index contributed by atoms with van der Waals surface area (Å²) >= 11 is 0. The summed E-state index contributed by atoms with van der Waals surface area (Å²) in [6.07, 6.45) is 3.22. The van der Waals surface area contributed by atoms with Crippen LogP contribution in [0.4, 0.5) is 0 Å². The van der Waals surface area contributed by atoms with Crippen LogP contribution < -0.4 is 10.2 Å². The minimum Gasteiger partial charge on any atom is -0.486 e. The van der Waals surface area contributed by atoms with Gasteiger partial charge in [-0.15, -0.1) is 0 Å². The molecule has 3 heterocycles. The molecule has 1 aliphatic heterocycles. The maximum atomic E-state index is 12.3. The topological polar surface area (TPSA) is 81.4 Å². The van der Waals surface area contributed by atoms with Crippen molar-refractivity contribution >= 4 is 5.97 Å². The van der Waals surface area contributed by atoms with E-state index < -0.39 is 11.4 Å². The van der Waals surface area contributed by atoms with Crippen molar-refractivity contribution in [3.8, 4) is 17.1 Å². The smallest absolute Gasteiger partial charge is 0.341 e. The van der Waals surface area contributed by atoms with Crippen molar-refractivity contribution in [1.29, 1.82) is 0 Å². The number of fused-ring (bicyclic) bond motifs is 5. The quantitative estimate of drug-likeness (QED) is 0.863. The highest BCUT2D eigenvalue weighted by Gasteiger charge is 2.47. The van der Waals surface area contributed by atoms with E-state index in [9.17, 15) is 14.7 Å². The lowest BCUT2D eigenvalue weighted by Gasteiger charge is -2.32. The molecule has 6 heteroatoms. The maximum absolute atomic E-state index is 12.3. The third kappa shape index (κ3) is 2.35. The van der Waals surface area contributed by atoms with Gasteiger partial charge in [-0.05, 0) is 37.3 Å². The summed E-state index contributed by atoms with van der Waals surface area (Å²) in [5.74, 6) is -0.567. The van der Waals surface area contributed by atoms with E-state index in [2.05, 4.69) is 18.8 Å². The van der Waals surface area contributed by atoms with E-state index >= 15 is 0 Å². The first-order valence-corrected chi connectivity index (χ1v) is 8.42. The maximum Gasteiger partial charge on any atom is 0.341 e. The molecule has 1 N–H and O–H groups in total. The Morgan fingerprint density at radius 1 is 1.40 bits per heavy atom. The highest BCUT2D eigenvalue weighted by Crippen LogP contribution is 2.51. The van der Waals surface area contributed by atoms with E-state index in [4.69, 9.17) is 4.74 Å². The fourth-order valence-corrected chi connectivity index (χ4v) is 4.12. The summed E-state index contributed by atoms with van der Waals surface area (Å²) in [5, 5.41) is 9.39. The van der Waals surface area contributed by atoms with Crippen LogP contribution in [0.5, 0.6) is 5.75 Å². The average molecular weight is 340 g/mol. The van der Waals surface area contributed by atoms with Crippen LogP contribution >= 0.6 is 0 Å². The lowest BCUT2D eigenvalue weighted by Crippen LogP contribution is -2.33. The standard InChI is InChI=1S/C19H20N2O4/c1-10-4-5-14-16(20-10)12-8-13(22)11(18(23)24)9-21(12)17-15(25-14)6-7-19(17,2)3/h4-5,8-9,15,17H,6-7H2,1-3H3,(H,23,24). The number of aromatic carboxylic acids is 1. The van der Waals surface area contributed by atoms with Crippen molar-refractivity contribution in [3.05, 3.63) is 45.9 Å². The van der Waals surface area contributed by atoms with E-state index in [0.717, 1.165) is 18.5 Å². The monoisotopic (exact) mass is 340 g/mol. The summed E-state index contributed by atoms with van der Waals surface area (Å²) in [7, 11) is 0. The van der Waals surface area contributed by atoms with E-state index in [1.165, 1.54) is 12.3 Å². The first-order valence-electron chi connectivity index (χ1n) is 8.42. The zero-order valence-corrected chi connectivity index (χ0v) is 14.4. The molecule has 1 fully saturated rings. The van der Waals surface area contributed by atoms with Crippen LogP contribution in [0.2, 0.25) is 0 Å². The minimum atomic E-state index is -1.21. The Balaban J connectivity index is 2.07. The zero-order valence-electron chi connectivity index (χ0n) is 14.4. The second kappa shape index (κ2) is 5.18. The molecule has 0 saturated heterocycles. The summed E-state index contributed by atoms with van der Waals surface area (Å²) < 4.78 is 8.16. The molecule has 0 amide bonds. The van der Waals surface area contributed by atoms with Crippen molar-refractivity contribution in [2.45, 2.75) is 45.8 Å². The van der Waals surface area contributed by atoms with Crippen LogP contribution in [-0.4, -0.2) is 26.7 Å². The molecular formula is C19H20N2O4. The van der Waals surface area contributed by atoms with Gasteiger partial charge in [0.15, 0.2) is 5.43 Å². The molecule has 0 bridgehead atoms. The SMILES string of the molecule is Cc1ccc2c(n1)-c1cc(=O)c(C(=O)O)cn1C1C(CCC1(C)C)O2. The normalized spacial score (nSPS) is 23.0. The van der Waals surface area contributed by atoms with Crippen LogP contribution in [0.25, 0.3) is 11.4 Å². The Morgan fingerprint density at radius 2 is 2.16 bits per heavy atom. The molecule has 130 valence electrons. The molecule has 2 aromatic heterocycles. The Morgan fingerprint density at radius 3 is 2.88 bits per heavy atom. The summed E-state index contributed by atoms with van der Waals surface area (Å²) in [6.45, 7) is 6.18. The lowest BCUT2D eigenvalue weighted by atomic mass is 9.86. The fraction of sp³-hybridized carbons (Fsp3) is 0.421. The molecule has 0 spiro atoms. The molecule has 4 rings (SSSR count). The number of carboxylic acid groups (broad SMARTS) is 1. The molecule has 1 saturated carbocycles. The van der Waals surface area contributed by atoms with Gasteiger partial charge in [0.1, 0.15) is 23.1 Å². The number of hydrogen-bond acceptors (Lipinski definition) is 4. The molecule has 25 heavy (non-hydrogen) atoms. The van der Waals surface area contributed by atoms with Gasteiger partial charge < -0.3 is 14.4 Å². The number of carbonyl (C=O) groups is 1. The van der Waals surface area contributed by atoms with E-state index in [1.54, 1.807) is 0 Å². The van der Waals surface area contributed by atoms with Gasteiger partial charge in [-0.3, -0.25) is 4.79 Å². The molecule has 2 aliphatic rings. The average Bonchev–Trinajstić information content (AvgIpc) is 2.75. The second-order valence-corrected chi connectivity index (χ2v) is 7.58. The summed E-state index contributed by atoms with van der Waals surface area (Å²) in [6, 6.07) is 5.09. The van der Waals surface area contributed by atoms with Gasteiger partial charge in [0.25, 0.3) is 0 Å². The molecule has 1 aliphatic carbocycles. The van der Waals surface area contributed by atoms with Gasteiger partial charge >= 0.3 is 5.97 Å². The molecule has 6 nitrogen and oxygen atoms in total. The van der Waals surface area contributed by atoms with Crippen molar-refractivity contribution < 1.29 is 14.6 Å². The largest absolute Gasteiger partial charge is 0.486 e. The highest BCUT2D eigenvalue weighted by atomic mass is 16.5. The van der Waals surface area contributed by atoms with E-state index in [0.29, 0.717) is 17.1 Å². The number of carboxylic acids is 1. The van der Waals surface area contributed by atoms with E-state index in [-0.39, 0.29) is 23.1 Å². The van der Waals surface area contributed by atoms with Crippen molar-refractivity contribution in [2.75, 3.05) is 0 Å². The van der Waals surface area contributed by atoms with Crippen molar-refractivity contribution in [3.63, 3.8) is 0 Å². The minimum absolute atomic E-state index is 0.0595. The number of hydrogen-bond donors (Lipinski definition) is 1. The summed E-state index contributed by atoms with van der Waals surface area (Å²) in [5.41, 5.74) is 1.22. The molecule has 0 aromatic carbocycles. The number of ether oxygens (including phenoxy) is 1. The van der Waals surface area contributed by atoms with Crippen molar-refractivity contribution in [2.24, 2.45) is 5.41 Å². The van der Waals surface area contributed by atoms with Gasteiger partial charge in [0, 0.05) is 18.0 Å². The summed E-state index contributed by atoms with van der Waals surface area (Å²) in [4.78, 5) is 28.4. The zero-order chi connectivity index (χ0) is 17.9. The molecule has 2 unspecified atom stereocenters. The third-order valence-corrected chi connectivity index (χ3v) is 5.35. The first kappa shape index (κ1) is 15.9. The van der Waals surface area contributed by atoms with Crippen LogP contribution in [0.1, 0.15) is 48.8 Å². The highest BCUT2D eigenvalue weighted by molar-refractivity contribution is 5.87. The second-order valence-electron chi connectivity index (χ2n) is 7.58. The fourth-order valence-electron chi connectivity index (χ4n) is 4.12. The number of aromatic nitrogens is 2. The van der Waals surface area contributed by atoms with Crippen molar-refractivity contribution in [1.82, 2.24) is 9.55 Å². The number of pyridine rings is 2. The van der Waals surface area contributed by atoms with Crippen LogP contribution in [-0.2, 0) is 0 Å². The number of rotatable bonds is 1. The Hall–Kier alpha value is -2.63. The lowest BCUT2D eigenvalue weighted by molar-refractivity contribution is 0.0692. The number of aryl methyl sites for hydroxylation is 1. The predicted molar refractivity (Wildman–Crippen MR) is 92.1 cm³/mol. The Bertz CT molecular complexity index is 945. The predicted octanol–water partition coefficient (Wildman–Crippen LogP) is 3.04. The molecular weight excluding hydrogens is 320 g/mol. The molecule has 2 atom stereocenters. The van der Waals surface area contributed by atoms with Gasteiger partial charge in [0.2, 0.25) is 0 Å².